The van der Waals surface area contributed by atoms with Crippen LogP contribution in [0.3, 0.4) is 0 Å². The van der Waals surface area contributed by atoms with E-state index in [4.69, 9.17) is 0 Å². The molecule has 1 fully saturated rings. The Bertz CT molecular complexity index is 243. The van der Waals surface area contributed by atoms with Gasteiger partial charge >= 0.3 is 0 Å². The molecule has 1 aliphatic heterocycles. The highest BCUT2D eigenvalue weighted by Crippen LogP contribution is 2.05. The summed E-state index contributed by atoms with van der Waals surface area (Å²) >= 11 is 0. The van der Waals surface area contributed by atoms with Gasteiger partial charge in [0.1, 0.15) is 6.04 Å². The Morgan fingerprint density at radius 3 is 3.07 bits per heavy atom. The summed E-state index contributed by atoms with van der Waals surface area (Å²) in [7, 11) is 0. The van der Waals surface area contributed by atoms with Crippen LogP contribution in [-0.4, -0.2) is 48.9 Å². The molecule has 1 saturated heterocycles. The first kappa shape index (κ1) is 12.0. The number of nitrogens with one attached hydrogen (secondary N) is 2. The lowest BCUT2D eigenvalue weighted by Crippen LogP contribution is -2.56. The zero-order chi connectivity index (χ0) is 11.3. The molecule has 0 radical (unpaired) electrons. The molecule has 0 saturated carbocycles. The van der Waals surface area contributed by atoms with E-state index in [0.717, 1.165) is 6.54 Å². The van der Waals surface area contributed by atoms with Crippen molar-refractivity contribution in [1.29, 1.82) is 0 Å². The molecule has 1 atom stereocenters. The average Bonchev–Trinajstić information content (AvgIpc) is 2.22. The maximum absolute atomic E-state index is 11.7. The fraction of sp³-hybridized carbons (Fsp3) is 0.800. The third kappa shape index (κ3) is 3.20. The number of nitrogens with zero attached hydrogens (tertiary/aromatic N) is 1. The van der Waals surface area contributed by atoms with Gasteiger partial charge in [-0.15, -0.1) is 0 Å². The Balaban J connectivity index is 2.40. The lowest BCUT2D eigenvalue weighted by molar-refractivity contribution is -0.142. The van der Waals surface area contributed by atoms with Crippen molar-refractivity contribution in [2.75, 3.05) is 26.2 Å². The minimum atomic E-state index is -0.326. The Kier molecular flexibility index (Phi) is 4.55. The first-order valence-corrected chi connectivity index (χ1v) is 5.44. The predicted molar refractivity (Wildman–Crippen MR) is 57.3 cm³/mol. The van der Waals surface area contributed by atoms with E-state index >= 15 is 0 Å². The molecule has 0 bridgehead atoms. The highest BCUT2D eigenvalue weighted by atomic mass is 16.2. The summed E-state index contributed by atoms with van der Waals surface area (Å²) in [5.74, 6) is -0.00338. The Labute approximate surface area is 90.2 Å². The fourth-order valence-corrected chi connectivity index (χ4v) is 1.64. The van der Waals surface area contributed by atoms with Crippen molar-refractivity contribution in [2.45, 2.75) is 26.3 Å². The average molecular weight is 213 g/mol. The van der Waals surface area contributed by atoms with Crippen LogP contribution >= 0.6 is 0 Å². The minimum Gasteiger partial charge on any atom is -0.353 e. The van der Waals surface area contributed by atoms with Gasteiger partial charge in [0.25, 0.3) is 0 Å². The van der Waals surface area contributed by atoms with Crippen molar-refractivity contribution in [3.8, 4) is 0 Å². The van der Waals surface area contributed by atoms with E-state index in [0.29, 0.717) is 26.1 Å². The second-order valence-electron chi connectivity index (χ2n) is 3.66. The Morgan fingerprint density at radius 2 is 2.40 bits per heavy atom. The molecule has 2 amide bonds. The van der Waals surface area contributed by atoms with Crippen LogP contribution in [-0.2, 0) is 9.59 Å². The lowest BCUT2D eigenvalue weighted by Gasteiger charge is -2.32. The minimum absolute atomic E-state index is 0.0540. The molecule has 2 N–H and O–H groups in total. The lowest BCUT2D eigenvalue weighted by atomic mass is 10.2. The maximum atomic E-state index is 11.7. The van der Waals surface area contributed by atoms with Crippen LogP contribution in [0.4, 0.5) is 0 Å². The van der Waals surface area contributed by atoms with Crippen LogP contribution < -0.4 is 10.6 Å². The fourth-order valence-electron chi connectivity index (χ4n) is 1.64. The smallest absolute Gasteiger partial charge is 0.242 e. The van der Waals surface area contributed by atoms with Gasteiger partial charge in [0.15, 0.2) is 0 Å². The number of piperazine rings is 1. The third-order valence-electron chi connectivity index (χ3n) is 2.58. The molecule has 5 nitrogen and oxygen atoms in total. The van der Waals surface area contributed by atoms with E-state index in [1.54, 1.807) is 11.8 Å². The molecule has 0 aromatic rings. The van der Waals surface area contributed by atoms with Gasteiger partial charge in [0.2, 0.25) is 11.8 Å². The molecule has 15 heavy (non-hydrogen) atoms. The van der Waals surface area contributed by atoms with E-state index in [1.807, 2.05) is 6.92 Å². The van der Waals surface area contributed by atoms with E-state index < -0.39 is 0 Å². The van der Waals surface area contributed by atoms with Gasteiger partial charge in [-0.25, -0.2) is 0 Å². The van der Waals surface area contributed by atoms with Crippen LogP contribution in [0, 0.1) is 0 Å². The van der Waals surface area contributed by atoms with E-state index in [9.17, 15) is 9.59 Å². The summed E-state index contributed by atoms with van der Waals surface area (Å²) in [6, 6.07) is -0.326. The molecule has 0 aromatic carbocycles. The second-order valence-corrected chi connectivity index (χ2v) is 3.66. The highest BCUT2D eigenvalue weighted by Gasteiger charge is 2.28. The number of carbonyl (C=O) groups is 2. The summed E-state index contributed by atoms with van der Waals surface area (Å²) in [4.78, 5) is 24.7. The SMILES string of the molecule is CCNCCC(=O)N1CCNC(=O)C1C. The van der Waals surface area contributed by atoms with Gasteiger partial charge in [-0.2, -0.15) is 0 Å². The summed E-state index contributed by atoms with van der Waals surface area (Å²) in [6.45, 7) is 6.50. The van der Waals surface area contributed by atoms with E-state index in [-0.39, 0.29) is 17.9 Å². The number of hydrogen-bond acceptors (Lipinski definition) is 3. The van der Waals surface area contributed by atoms with Crippen molar-refractivity contribution < 1.29 is 9.59 Å². The van der Waals surface area contributed by atoms with Gasteiger partial charge in [-0.1, -0.05) is 6.92 Å². The molecule has 0 aromatic heterocycles. The first-order chi connectivity index (χ1) is 7.16. The third-order valence-corrected chi connectivity index (χ3v) is 2.58. The van der Waals surface area contributed by atoms with Crippen molar-refractivity contribution in [1.82, 2.24) is 15.5 Å². The molecule has 1 unspecified atom stereocenters. The molecule has 1 aliphatic rings. The second kappa shape index (κ2) is 5.70. The number of carbonyl (C=O) groups excluding carboxylic acids is 2. The van der Waals surface area contributed by atoms with Crippen molar-refractivity contribution >= 4 is 11.8 Å². The number of amides is 2. The molecule has 1 heterocycles. The van der Waals surface area contributed by atoms with Gasteiger partial charge in [0.05, 0.1) is 0 Å². The van der Waals surface area contributed by atoms with Gasteiger partial charge in [-0.3, -0.25) is 9.59 Å². The van der Waals surface area contributed by atoms with Crippen LogP contribution in [0.1, 0.15) is 20.3 Å². The summed E-state index contributed by atoms with van der Waals surface area (Å²) < 4.78 is 0. The maximum Gasteiger partial charge on any atom is 0.242 e. The van der Waals surface area contributed by atoms with Crippen molar-refractivity contribution in [2.24, 2.45) is 0 Å². The van der Waals surface area contributed by atoms with Crippen LogP contribution in [0.2, 0.25) is 0 Å². The Hall–Kier alpha value is -1.10. The highest BCUT2D eigenvalue weighted by molar-refractivity contribution is 5.88. The standard InChI is InChI=1S/C10H19N3O2/c1-3-11-5-4-9(14)13-7-6-12-10(15)8(13)2/h8,11H,3-7H2,1-2H3,(H,12,15). The van der Waals surface area contributed by atoms with E-state index in [1.165, 1.54) is 0 Å². The number of hydrogen-bond donors (Lipinski definition) is 2. The van der Waals surface area contributed by atoms with E-state index in [2.05, 4.69) is 10.6 Å². The zero-order valence-corrected chi connectivity index (χ0v) is 9.38. The van der Waals surface area contributed by atoms with Crippen LogP contribution in [0.15, 0.2) is 0 Å². The number of rotatable bonds is 4. The van der Waals surface area contributed by atoms with Crippen LogP contribution in [0.25, 0.3) is 0 Å². The largest absolute Gasteiger partial charge is 0.353 e. The molecular formula is C10H19N3O2. The molecular weight excluding hydrogens is 194 g/mol. The zero-order valence-electron chi connectivity index (χ0n) is 9.38. The summed E-state index contributed by atoms with van der Waals surface area (Å²) in [5, 5.41) is 5.83. The normalized spacial score (nSPS) is 21.3. The van der Waals surface area contributed by atoms with Gasteiger partial charge < -0.3 is 15.5 Å². The Morgan fingerprint density at radius 1 is 1.67 bits per heavy atom. The van der Waals surface area contributed by atoms with Crippen molar-refractivity contribution in [3.05, 3.63) is 0 Å². The molecule has 0 spiro atoms. The molecule has 5 heteroatoms. The monoisotopic (exact) mass is 213 g/mol. The summed E-state index contributed by atoms with van der Waals surface area (Å²) in [6.07, 6.45) is 0.464. The topological polar surface area (TPSA) is 61.4 Å². The predicted octanol–water partition coefficient (Wildman–Crippen LogP) is -0.667. The van der Waals surface area contributed by atoms with Crippen LogP contribution in [0.5, 0.6) is 0 Å². The molecule has 86 valence electrons. The first-order valence-electron chi connectivity index (χ1n) is 5.44. The van der Waals surface area contributed by atoms with Gasteiger partial charge in [0, 0.05) is 26.1 Å². The molecule has 1 rings (SSSR count). The van der Waals surface area contributed by atoms with Gasteiger partial charge in [-0.05, 0) is 13.5 Å². The van der Waals surface area contributed by atoms with Crippen molar-refractivity contribution in [3.63, 3.8) is 0 Å². The quantitative estimate of drug-likeness (QED) is 0.609. The molecule has 0 aliphatic carbocycles. The summed E-state index contributed by atoms with van der Waals surface area (Å²) in [5.41, 5.74) is 0.